The summed E-state index contributed by atoms with van der Waals surface area (Å²) >= 11 is 0. The predicted molar refractivity (Wildman–Crippen MR) is 84.6 cm³/mol. The smallest absolute Gasteiger partial charge is 0.242 e. The van der Waals surface area contributed by atoms with Gasteiger partial charge in [0.15, 0.2) is 0 Å². The van der Waals surface area contributed by atoms with Crippen LogP contribution in [-0.2, 0) is 30.7 Å². The Morgan fingerprint density at radius 2 is 1.87 bits per heavy atom. The summed E-state index contributed by atoms with van der Waals surface area (Å²) in [5.74, 6) is -0.00324. The van der Waals surface area contributed by atoms with Crippen molar-refractivity contribution in [2.75, 3.05) is 6.54 Å². The molecule has 2 aromatic rings. The van der Waals surface area contributed by atoms with Gasteiger partial charge in [0.05, 0.1) is 6.54 Å². The SMILES string of the molecule is O=C(C1Cc2ccccc2CN1O)N1CCc2ncccc2C1. The maximum atomic E-state index is 12.9. The molecule has 3 heterocycles. The Morgan fingerprint density at radius 3 is 2.74 bits per heavy atom. The van der Waals surface area contributed by atoms with E-state index in [4.69, 9.17) is 0 Å². The molecule has 2 aliphatic rings. The average Bonchev–Trinajstić information content (AvgIpc) is 2.60. The Morgan fingerprint density at radius 1 is 1.09 bits per heavy atom. The molecular weight excluding hydrogens is 290 g/mol. The predicted octanol–water partition coefficient (Wildman–Crippen LogP) is 1.78. The zero-order valence-electron chi connectivity index (χ0n) is 12.9. The summed E-state index contributed by atoms with van der Waals surface area (Å²) in [6, 6.07) is 11.4. The number of hydrogen-bond acceptors (Lipinski definition) is 4. The molecule has 5 heteroatoms. The fourth-order valence-corrected chi connectivity index (χ4v) is 3.49. The van der Waals surface area contributed by atoms with Gasteiger partial charge in [0, 0.05) is 31.4 Å². The molecule has 0 radical (unpaired) electrons. The Kier molecular flexibility index (Phi) is 3.59. The van der Waals surface area contributed by atoms with Gasteiger partial charge in [-0.05, 0) is 29.2 Å². The summed E-state index contributed by atoms with van der Waals surface area (Å²) in [4.78, 5) is 19.1. The third-order valence-electron chi connectivity index (χ3n) is 4.78. The fraction of sp³-hybridized carbons (Fsp3) is 0.333. The minimum absolute atomic E-state index is 0.00324. The maximum Gasteiger partial charge on any atom is 0.242 e. The summed E-state index contributed by atoms with van der Waals surface area (Å²) in [5.41, 5.74) is 4.42. The number of hydroxylamine groups is 2. The number of amides is 1. The largest absolute Gasteiger partial charge is 0.336 e. The molecule has 5 nitrogen and oxygen atoms in total. The number of benzene rings is 1. The first-order valence-corrected chi connectivity index (χ1v) is 7.96. The van der Waals surface area contributed by atoms with Crippen molar-refractivity contribution < 1.29 is 10.0 Å². The first-order valence-electron chi connectivity index (χ1n) is 7.96. The molecule has 0 spiro atoms. The molecule has 0 saturated heterocycles. The van der Waals surface area contributed by atoms with E-state index in [9.17, 15) is 10.0 Å². The number of carbonyl (C=O) groups excluding carboxylic acids is 1. The van der Waals surface area contributed by atoms with E-state index >= 15 is 0 Å². The number of hydrogen-bond donors (Lipinski definition) is 1. The van der Waals surface area contributed by atoms with Gasteiger partial charge in [-0.1, -0.05) is 30.3 Å². The monoisotopic (exact) mass is 309 g/mol. The van der Waals surface area contributed by atoms with Crippen molar-refractivity contribution in [1.29, 1.82) is 0 Å². The Balaban J connectivity index is 1.54. The normalized spacial score (nSPS) is 20.7. The van der Waals surface area contributed by atoms with Gasteiger partial charge in [-0.3, -0.25) is 9.78 Å². The van der Waals surface area contributed by atoms with Gasteiger partial charge in [0.1, 0.15) is 6.04 Å². The van der Waals surface area contributed by atoms with E-state index < -0.39 is 6.04 Å². The molecule has 1 unspecified atom stereocenters. The molecule has 1 aromatic carbocycles. The van der Waals surface area contributed by atoms with Crippen LogP contribution < -0.4 is 0 Å². The van der Waals surface area contributed by atoms with Crippen LogP contribution in [0.4, 0.5) is 0 Å². The molecule has 4 rings (SSSR count). The molecule has 23 heavy (non-hydrogen) atoms. The molecule has 0 bridgehead atoms. The van der Waals surface area contributed by atoms with Crippen molar-refractivity contribution in [1.82, 2.24) is 14.9 Å². The number of fused-ring (bicyclic) bond motifs is 2. The van der Waals surface area contributed by atoms with Crippen LogP contribution in [-0.4, -0.2) is 38.6 Å². The summed E-state index contributed by atoms with van der Waals surface area (Å²) in [6.45, 7) is 1.64. The van der Waals surface area contributed by atoms with Crippen molar-refractivity contribution in [3.63, 3.8) is 0 Å². The van der Waals surface area contributed by atoms with E-state index in [0.717, 1.165) is 28.8 Å². The van der Waals surface area contributed by atoms with Gasteiger partial charge < -0.3 is 10.1 Å². The molecule has 1 amide bonds. The van der Waals surface area contributed by atoms with Crippen LogP contribution in [0.1, 0.15) is 22.4 Å². The third-order valence-corrected chi connectivity index (χ3v) is 4.78. The summed E-state index contributed by atoms with van der Waals surface area (Å²) in [7, 11) is 0. The summed E-state index contributed by atoms with van der Waals surface area (Å²) in [5, 5.41) is 11.5. The molecule has 1 aromatic heterocycles. The van der Waals surface area contributed by atoms with Gasteiger partial charge in [-0.2, -0.15) is 5.06 Å². The average molecular weight is 309 g/mol. The highest BCUT2D eigenvalue weighted by molar-refractivity contribution is 5.82. The molecule has 0 aliphatic carbocycles. The lowest BCUT2D eigenvalue weighted by atomic mass is 9.94. The van der Waals surface area contributed by atoms with Gasteiger partial charge in [0.2, 0.25) is 5.91 Å². The molecular formula is C18H19N3O2. The van der Waals surface area contributed by atoms with Gasteiger partial charge in [0.25, 0.3) is 0 Å². The van der Waals surface area contributed by atoms with E-state index in [-0.39, 0.29) is 5.91 Å². The van der Waals surface area contributed by atoms with E-state index in [1.54, 1.807) is 6.20 Å². The zero-order valence-corrected chi connectivity index (χ0v) is 12.9. The van der Waals surface area contributed by atoms with Crippen LogP contribution >= 0.6 is 0 Å². The second-order valence-electron chi connectivity index (χ2n) is 6.21. The number of rotatable bonds is 1. The molecule has 118 valence electrons. The first kappa shape index (κ1) is 14.4. The number of nitrogens with zero attached hydrogens (tertiary/aromatic N) is 3. The molecule has 0 saturated carbocycles. The number of carbonyl (C=O) groups is 1. The molecule has 2 aliphatic heterocycles. The molecule has 1 atom stereocenters. The van der Waals surface area contributed by atoms with Crippen molar-refractivity contribution in [3.05, 3.63) is 65.0 Å². The Hall–Kier alpha value is -2.24. The summed E-state index contributed by atoms with van der Waals surface area (Å²) < 4.78 is 0. The van der Waals surface area contributed by atoms with Crippen molar-refractivity contribution >= 4 is 5.91 Å². The minimum atomic E-state index is -0.497. The third kappa shape index (κ3) is 2.62. The van der Waals surface area contributed by atoms with E-state index in [0.29, 0.717) is 26.1 Å². The van der Waals surface area contributed by atoms with E-state index in [2.05, 4.69) is 4.98 Å². The highest BCUT2D eigenvalue weighted by Gasteiger charge is 2.34. The topological polar surface area (TPSA) is 56.7 Å². The quantitative estimate of drug-likeness (QED) is 0.872. The zero-order chi connectivity index (χ0) is 15.8. The molecule has 1 N–H and O–H groups in total. The van der Waals surface area contributed by atoms with Gasteiger partial charge >= 0.3 is 0 Å². The van der Waals surface area contributed by atoms with Gasteiger partial charge in [-0.15, -0.1) is 0 Å². The Bertz CT molecular complexity index is 747. The first-order chi connectivity index (χ1) is 11.2. The lowest BCUT2D eigenvalue weighted by Crippen LogP contribution is -2.51. The van der Waals surface area contributed by atoms with Crippen LogP contribution in [0.25, 0.3) is 0 Å². The Labute approximate surface area is 135 Å². The minimum Gasteiger partial charge on any atom is -0.336 e. The van der Waals surface area contributed by atoms with Crippen molar-refractivity contribution in [2.45, 2.75) is 32.0 Å². The van der Waals surface area contributed by atoms with Crippen LogP contribution in [0.3, 0.4) is 0 Å². The van der Waals surface area contributed by atoms with Gasteiger partial charge in [-0.25, -0.2) is 0 Å². The highest BCUT2D eigenvalue weighted by atomic mass is 16.5. The second-order valence-corrected chi connectivity index (χ2v) is 6.21. The van der Waals surface area contributed by atoms with Crippen LogP contribution in [0.15, 0.2) is 42.6 Å². The highest BCUT2D eigenvalue weighted by Crippen LogP contribution is 2.25. The van der Waals surface area contributed by atoms with Crippen LogP contribution in [0.5, 0.6) is 0 Å². The lowest BCUT2D eigenvalue weighted by molar-refractivity contribution is -0.170. The maximum absolute atomic E-state index is 12.9. The van der Waals surface area contributed by atoms with E-state index in [1.165, 1.54) is 5.06 Å². The second kappa shape index (κ2) is 5.76. The van der Waals surface area contributed by atoms with Crippen molar-refractivity contribution in [2.24, 2.45) is 0 Å². The van der Waals surface area contributed by atoms with Crippen LogP contribution in [0.2, 0.25) is 0 Å². The van der Waals surface area contributed by atoms with E-state index in [1.807, 2.05) is 41.3 Å². The van der Waals surface area contributed by atoms with Crippen molar-refractivity contribution in [3.8, 4) is 0 Å². The number of aromatic nitrogens is 1. The number of pyridine rings is 1. The summed E-state index contributed by atoms with van der Waals surface area (Å²) in [6.07, 6.45) is 3.13. The lowest BCUT2D eigenvalue weighted by Gasteiger charge is -2.36. The van der Waals surface area contributed by atoms with Crippen LogP contribution in [0, 0.1) is 0 Å². The molecule has 0 fully saturated rings. The fourth-order valence-electron chi connectivity index (χ4n) is 3.49. The standard InChI is InChI=1S/C18H19N3O2/c22-18(20-9-7-16-15(11-20)6-3-8-19-16)17-10-13-4-1-2-5-14(13)12-21(17)23/h1-6,8,17,23H,7,9-12H2.